The molecule has 0 spiro atoms. The number of hydrogen-bond donors (Lipinski definition) is 2. The van der Waals surface area contributed by atoms with E-state index in [4.69, 9.17) is 0 Å². The van der Waals surface area contributed by atoms with Crippen LogP contribution < -0.4 is 0 Å². The lowest BCUT2D eigenvalue weighted by Gasteiger charge is -2.62. The van der Waals surface area contributed by atoms with Crippen molar-refractivity contribution in [3.63, 3.8) is 0 Å². The highest BCUT2D eigenvalue weighted by atomic mass is 16.3. The van der Waals surface area contributed by atoms with E-state index in [-0.39, 0.29) is 27.8 Å². The number of hydrogen-bond acceptors (Lipinski definition) is 2. The van der Waals surface area contributed by atoms with Crippen LogP contribution in [-0.2, 0) is 0 Å². The highest BCUT2D eigenvalue weighted by Gasteiger charge is 2.64. The fraction of sp³-hybridized carbons (Fsp3) is 0.933. The van der Waals surface area contributed by atoms with Crippen LogP contribution in [0.3, 0.4) is 0 Å². The molecule has 4 rings (SSSR count). The Hall–Kier alpha value is -0.340. The molecule has 1 unspecified atom stereocenters. The molecule has 0 aromatic rings. The van der Waals surface area contributed by atoms with E-state index in [9.17, 15) is 10.2 Å². The van der Waals surface area contributed by atoms with E-state index in [1.807, 2.05) is 0 Å². The molecule has 2 fully saturated rings. The van der Waals surface area contributed by atoms with Crippen molar-refractivity contribution in [1.82, 2.24) is 0 Å². The third kappa shape index (κ3) is 3.40. The maximum absolute atomic E-state index is 11.1. The molecule has 2 heteroatoms. The van der Waals surface area contributed by atoms with Gasteiger partial charge >= 0.3 is 0 Å². The molecule has 0 aromatic carbocycles. The molecule has 7 atom stereocenters. The fourth-order valence-electron chi connectivity index (χ4n) is 9.82. The van der Waals surface area contributed by atoms with Gasteiger partial charge < -0.3 is 10.2 Å². The summed E-state index contributed by atoms with van der Waals surface area (Å²) in [5.41, 5.74) is 3.84. The summed E-state index contributed by atoms with van der Waals surface area (Å²) in [7, 11) is 0. The third-order valence-electron chi connectivity index (χ3n) is 11.9. The van der Waals surface area contributed by atoms with Crippen LogP contribution in [0.25, 0.3) is 0 Å². The minimum absolute atomic E-state index is 0.00570. The van der Waals surface area contributed by atoms with Crippen molar-refractivity contribution in [1.29, 1.82) is 0 Å². The molecule has 2 N–H and O–H groups in total. The number of allylic oxidation sites excluding steroid dienone is 1. The Morgan fingerprint density at radius 3 is 2.25 bits per heavy atom. The topological polar surface area (TPSA) is 40.5 Å². The average Bonchev–Trinajstić information content (AvgIpc) is 3.04. The molecule has 0 bridgehead atoms. The van der Waals surface area contributed by atoms with Crippen molar-refractivity contribution in [3.8, 4) is 0 Å². The largest absolute Gasteiger partial charge is 0.395 e. The van der Waals surface area contributed by atoms with Gasteiger partial charge in [-0.05, 0) is 91.3 Å². The Balaban J connectivity index is 1.67. The lowest BCUT2D eigenvalue weighted by atomic mass is 9.43. The number of aliphatic hydroxyl groups excluding tert-OH is 2. The smallest absolute Gasteiger partial charge is 0.0594 e. The lowest BCUT2D eigenvalue weighted by Crippen LogP contribution is -2.56. The molecule has 0 amide bonds. The fourth-order valence-corrected chi connectivity index (χ4v) is 9.82. The normalized spacial score (nSPS) is 44.2. The molecule has 0 aliphatic heterocycles. The zero-order valence-corrected chi connectivity index (χ0v) is 22.3. The summed E-state index contributed by atoms with van der Waals surface area (Å²) in [6, 6.07) is 0. The quantitative estimate of drug-likeness (QED) is 0.416. The summed E-state index contributed by atoms with van der Waals surface area (Å²) in [5, 5.41) is 21.9. The molecule has 184 valence electrons. The first-order chi connectivity index (χ1) is 14.9. The van der Waals surface area contributed by atoms with Crippen LogP contribution in [0.15, 0.2) is 11.1 Å². The second-order valence-corrected chi connectivity index (χ2v) is 13.9. The van der Waals surface area contributed by atoms with Crippen molar-refractivity contribution in [3.05, 3.63) is 11.1 Å². The number of fused-ring (bicyclic) bond motifs is 4. The zero-order valence-electron chi connectivity index (χ0n) is 22.3. The predicted molar refractivity (Wildman–Crippen MR) is 134 cm³/mol. The van der Waals surface area contributed by atoms with Crippen molar-refractivity contribution < 1.29 is 10.2 Å². The lowest BCUT2D eigenvalue weighted by molar-refractivity contribution is -0.0997. The van der Waals surface area contributed by atoms with Crippen molar-refractivity contribution in [2.24, 2.45) is 45.3 Å². The molecule has 0 radical (unpaired) electrons. The second-order valence-electron chi connectivity index (χ2n) is 13.9. The predicted octanol–water partition coefficient (Wildman–Crippen LogP) is 7.53. The monoisotopic (exact) mass is 444 g/mol. The van der Waals surface area contributed by atoms with Crippen LogP contribution in [-0.4, -0.2) is 22.9 Å². The van der Waals surface area contributed by atoms with Crippen molar-refractivity contribution in [2.45, 2.75) is 125 Å². The van der Waals surface area contributed by atoms with Gasteiger partial charge in [0.05, 0.1) is 12.7 Å². The van der Waals surface area contributed by atoms with Crippen LogP contribution in [0.2, 0.25) is 0 Å². The van der Waals surface area contributed by atoms with Crippen LogP contribution in [0.1, 0.15) is 119 Å². The van der Waals surface area contributed by atoms with E-state index in [0.29, 0.717) is 12.5 Å². The minimum Gasteiger partial charge on any atom is -0.395 e. The van der Waals surface area contributed by atoms with E-state index >= 15 is 0 Å². The van der Waals surface area contributed by atoms with Gasteiger partial charge in [0.15, 0.2) is 0 Å². The van der Waals surface area contributed by atoms with E-state index in [0.717, 1.165) is 37.0 Å². The Labute approximate surface area is 198 Å². The van der Waals surface area contributed by atoms with Gasteiger partial charge in [0.1, 0.15) is 0 Å². The number of rotatable bonds is 6. The molecule has 0 aromatic heterocycles. The number of aliphatic hydroxyl groups is 2. The first kappa shape index (κ1) is 24.8. The highest BCUT2D eigenvalue weighted by molar-refractivity contribution is 5.39. The van der Waals surface area contributed by atoms with Gasteiger partial charge in [0.25, 0.3) is 0 Å². The molecule has 0 heterocycles. The van der Waals surface area contributed by atoms with Crippen LogP contribution in [0.5, 0.6) is 0 Å². The summed E-state index contributed by atoms with van der Waals surface area (Å²) < 4.78 is 0. The van der Waals surface area contributed by atoms with E-state index in [1.54, 1.807) is 11.1 Å². The summed E-state index contributed by atoms with van der Waals surface area (Å²) in [4.78, 5) is 0. The van der Waals surface area contributed by atoms with Gasteiger partial charge in [-0.3, -0.25) is 0 Å². The molecular weight excluding hydrogens is 392 g/mol. The van der Waals surface area contributed by atoms with Gasteiger partial charge in [0.2, 0.25) is 0 Å². The van der Waals surface area contributed by atoms with Gasteiger partial charge in [-0.2, -0.15) is 0 Å². The van der Waals surface area contributed by atoms with Gasteiger partial charge in [-0.15, -0.1) is 0 Å². The van der Waals surface area contributed by atoms with E-state index < -0.39 is 0 Å². The standard InChI is InChI=1S/C30H52O2/c1-20(2)9-8-10-21(3)22-14-18-30(19-31)24-11-12-25-27(4,5)26(32)15-16-28(25,6)23(24)13-17-29(22,30)7/h20-22,25-26,31-32H,8-19H2,1-7H3/t21-,22-,25?,26+,28-,29-,30-/m1/s1. The third-order valence-corrected chi connectivity index (χ3v) is 11.9. The van der Waals surface area contributed by atoms with Crippen LogP contribution in [0.4, 0.5) is 0 Å². The molecule has 0 saturated heterocycles. The first-order valence-electron chi connectivity index (χ1n) is 14.0. The summed E-state index contributed by atoms with van der Waals surface area (Å²) in [6.45, 7) is 17.2. The summed E-state index contributed by atoms with van der Waals surface area (Å²) in [6.07, 6.45) is 13.2. The Kier molecular flexibility index (Phi) is 6.50. The molecule has 4 aliphatic carbocycles. The zero-order chi connectivity index (χ0) is 23.5. The first-order valence-corrected chi connectivity index (χ1v) is 14.0. The van der Waals surface area contributed by atoms with Gasteiger partial charge in [-0.25, -0.2) is 0 Å². The van der Waals surface area contributed by atoms with Gasteiger partial charge in [-0.1, -0.05) is 78.9 Å². The van der Waals surface area contributed by atoms with E-state index in [2.05, 4.69) is 48.5 Å². The summed E-state index contributed by atoms with van der Waals surface area (Å²) >= 11 is 0. The van der Waals surface area contributed by atoms with Crippen molar-refractivity contribution in [2.75, 3.05) is 6.61 Å². The highest BCUT2D eigenvalue weighted by Crippen LogP contribution is 2.72. The maximum Gasteiger partial charge on any atom is 0.0594 e. The summed E-state index contributed by atoms with van der Waals surface area (Å²) in [5.74, 6) is 2.86. The van der Waals surface area contributed by atoms with Crippen molar-refractivity contribution >= 4 is 0 Å². The molecule has 32 heavy (non-hydrogen) atoms. The van der Waals surface area contributed by atoms with Crippen LogP contribution in [0, 0.1) is 45.3 Å². The van der Waals surface area contributed by atoms with E-state index in [1.165, 1.54) is 51.4 Å². The molecule has 2 nitrogen and oxygen atoms in total. The molecule has 2 saturated carbocycles. The molecular formula is C30H52O2. The van der Waals surface area contributed by atoms with Gasteiger partial charge in [0, 0.05) is 5.41 Å². The second kappa shape index (κ2) is 8.40. The SMILES string of the molecule is CC(C)CCC[C@@H](C)[C@H]1CC[C@@]2(CO)C3=C(CC[C@]12C)[C@@]1(C)CC[C@H](O)C(C)(C)C1CC3. The minimum atomic E-state index is -0.175. The average molecular weight is 445 g/mol. The Morgan fingerprint density at radius 1 is 0.875 bits per heavy atom. The Morgan fingerprint density at radius 2 is 1.59 bits per heavy atom. The maximum atomic E-state index is 11.1. The van der Waals surface area contributed by atoms with Crippen LogP contribution >= 0.6 is 0 Å². The Bertz CT molecular complexity index is 735. The molecule has 4 aliphatic rings.